The molecule has 0 aliphatic carbocycles. The van der Waals surface area contributed by atoms with Gasteiger partial charge in [0.2, 0.25) is 0 Å². The standard InChI is InChI=1S/C12H26O4S.Na/c1-2-3-6-9-12(13)10-7-4-5-8-11-17(14,15)16;/h12-13H,2-11H2,1H3,(H,14,15,16);/q;+1/p-1. The average molecular weight is 288 g/mol. The van der Waals surface area contributed by atoms with Crippen molar-refractivity contribution in [3.05, 3.63) is 0 Å². The first kappa shape index (κ1) is 21.2. The van der Waals surface area contributed by atoms with E-state index in [1.807, 2.05) is 0 Å². The fraction of sp³-hybridized carbons (Fsp3) is 1.00. The van der Waals surface area contributed by atoms with Crippen molar-refractivity contribution in [3.63, 3.8) is 0 Å². The van der Waals surface area contributed by atoms with E-state index in [0.717, 1.165) is 44.9 Å². The van der Waals surface area contributed by atoms with Gasteiger partial charge in [-0.1, -0.05) is 45.4 Å². The first-order chi connectivity index (χ1) is 7.95. The zero-order valence-corrected chi connectivity index (χ0v) is 14.5. The van der Waals surface area contributed by atoms with Crippen LogP contribution < -0.4 is 29.6 Å². The molecule has 18 heavy (non-hydrogen) atoms. The molecule has 6 heteroatoms. The SMILES string of the molecule is CCCCCC(O)CCCCCCS(=O)(=O)[O-].[Na+]. The Hall–Kier alpha value is 0.870. The zero-order chi connectivity index (χ0) is 13.1. The van der Waals surface area contributed by atoms with Crippen LogP contribution in [0.1, 0.15) is 64.7 Å². The molecule has 0 bridgehead atoms. The largest absolute Gasteiger partial charge is 1.00 e. The van der Waals surface area contributed by atoms with Crippen LogP contribution in [0.25, 0.3) is 0 Å². The van der Waals surface area contributed by atoms with E-state index in [2.05, 4.69) is 6.92 Å². The van der Waals surface area contributed by atoms with Gasteiger partial charge in [-0.2, -0.15) is 0 Å². The zero-order valence-electron chi connectivity index (χ0n) is 11.7. The van der Waals surface area contributed by atoms with E-state index >= 15 is 0 Å². The van der Waals surface area contributed by atoms with Crippen LogP contribution in [-0.2, 0) is 10.1 Å². The first-order valence-electron chi connectivity index (χ1n) is 6.57. The summed E-state index contributed by atoms with van der Waals surface area (Å²) >= 11 is 0. The Morgan fingerprint density at radius 2 is 1.50 bits per heavy atom. The summed E-state index contributed by atoms with van der Waals surface area (Å²) in [6.07, 6.45) is 7.83. The van der Waals surface area contributed by atoms with Crippen LogP contribution in [0.15, 0.2) is 0 Å². The van der Waals surface area contributed by atoms with Gasteiger partial charge in [-0.15, -0.1) is 0 Å². The van der Waals surface area contributed by atoms with Crippen molar-refractivity contribution in [1.29, 1.82) is 0 Å². The van der Waals surface area contributed by atoms with Crippen molar-refractivity contribution in [2.75, 3.05) is 5.75 Å². The smallest absolute Gasteiger partial charge is 0.748 e. The van der Waals surface area contributed by atoms with Crippen molar-refractivity contribution in [2.45, 2.75) is 70.8 Å². The third-order valence-corrected chi connectivity index (χ3v) is 3.61. The summed E-state index contributed by atoms with van der Waals surface area (Å²) in [6, 6.07) is 0. The fourth-order valence-electron chi connectivity index (χ4n) is 1.79. The van der Waals surface area contributed by atoms with E-state index in [0.29, 0.717) is 6.42 Å². The molecular formula is C12H25NaO4S. The molecule has 0 aliphatic heterocycles. The van der Waals surface area contributed by atoms with Crippen molar-refractivity contribution in [2.24, 2.45) is 0 Å². The monoisotopic (exact) mass is 288 g/mol. The molecule has 0 aliphatic rings. The second-order valence-corrected chi connectivity index (χ2v) is 6.14. The molecule has 0 aromatic rings. The van der Waals surface area contributed by atoms with Gasteiger partial charge >= 0.3 is 29.6 Å². The molecule has 0 amide bonds. The Kier molecular flexibility index (Phi) is 15.2. The van der Waals surface area contributed by atoms with Crippen molar-refractivity contribution in [1.82, 2.24) is 0 Å². The number of rotatable bonds is 11. The van der Waals surface area contributed by atoms with Gasteiger partial charge in [-0.05, 0) is 19.3 Å². The van der Waals surface area contributed by atoms with Gasteiger partial charge in [0.05, 0.1) is 16.2 Å². The number of hydrogen-bond acceptors (Lipinski definition) is 4. The molecule has 0 aromatic carbocycles. The van der Waals surface area contributed by atoms with Crippen LogP contribution in [0.3, 0.4) is 0 Å². The first-order valence-corrected chi connectivity index (χ1v) is 8.15. The Bertz CT molecular complexity index is 267. The van der Waals surface area contributed by atoms with Crippen LogP contribution in [0.4, 0.5) is 0 Å². The van der Waals surface area contributed by atoms with E-state index in [1.54, 1.807) is 0 Å². The molecule has 1 N–H and O–H groups in total. The van der Waals surface area contributed by atoms with Crippen molar-refractivity contribution >= 4 is 10.1 Å². The molecule has 0 saturated heterocycles. The predicted molar refractivity (Wildman–Crippen MR) is 67.8 cm³/mol. The molecule has 1 unspecified atom stereocenters. The van der Waals surface area contributed by atoms with E-state index in [-0.39, 0.29) is 41.4 Å². The average Bonchev–Trinajstić information content (AvgIpc) is 2.22. The van der Waals surface area contributed by atoms with E-state index in [9.17, 15) is 18.1 Å². The van der Waals surface area contributed by atoms with Gasteiger partial charge in [-0.3, -0.25) is 0 Å². The normalized spacial score (nSPS) is 13.1. The summed E-state index contributed by atoms with van der Waals surface area (Å²) in [5.74, 6) is -0.258. The molecule has 0 rings (SSSR count). The van der Waals surface area contributed by atoms with E-state index in [1.165, 1.54) is 6.42 Å². The summed E-state index contributed by atoms with van der Waals surface area (Å²) in [5.41, 5.74) is 0. The summed E-state index contributed by atoms with van der Waals surface area (Å²) in [7, 11) is -4.04. The summed E-state index contributed by atoms with van der Waals surface area (Å²) in [4.78, 5) is 0. The summed E-state index contributed by atoms with van der Waals surface area (Å²) in [6.45, 7) is 2.14. The van der Waals surface area contributed by atoms with Gasteiger partial charge in [0.15, 0.2) is 0 Å². The molecule has 0 fully saturated rings. The van der Waals surface area contributed by atoms with Crippen LogP contribution in [0.2, 0.25) is 0 Å². The molecule has 0 saturated carbocycles. The second-order valence-electron chi connectivity index (χ2n) is 4.61. The minimum absolute atomic E-state index is 0. The number of unbranched alkanes of at least 4 members (excludes halogenated alkanes) is 5. The summed E-state index contributed by atoms with van der Waals surface area (Å²) in [5, 5.41) is 9.62. The van der Waals surface area contributed by atoms with Crippen LogP contribution in [0.5, 0.6) is 0 Å². The van der Waals surface area contributed by atoms with Crippen LogP contribution in [0, 0.1) is 0 Å². The predicted octanol–water partition coefficient (Wildman–Crippen LogP) is -0.573. The molecule has 0 heterocycles. The molecule has 4 nitrogen and oxygen atoms in total. The maximum Gasteiger partial charge on any atom is 1.00 e. The molecule has 0 spiro atoms. The number of hydrogen-bond donors (Lipinski definition) is 1. The molecule has 1 atom stereocenters. The minimum Gasteiger partial charge on any atom is -0.748 e. The maximum atomic E-state index is 10.3. The Labute approximate surface area is 134 Å². The molecular weight excluding hydrogens is 263 g/mol. The van der Waals surface area contributed by atoms with Gasteiger partial charge < -0.3 is 9.66 Å². The topological polar surface area (TPSA) is 77.4 Å². The fourth-order valence-corrected chi connectivity index (χ4v) is 2.34. The maximum absolute atomic E-state index is 10.3. The van der Waals surface area contributed by atoms with Gasteiger partial charge in [0.1, 0.15) is 0 Å². The Morgan fingerprint density at radius 3 is 2.00 bits per heavy atom. The molecule has 0 radical (unpaired) electrons. The third kappa shape index (κ3) is 16.9. The number of aliphatic hydroxyl groups excluding tert-OH is 1. The third-order valence-electron chi connectivity index (χ3n) is 2.82. The number of aliphatic hydroxyl groups is 1. The van der Waals surface area contributed by atoms with Gasteiger partial charge in [0.25, 0.3) is 0 Å². The second kappa shape index (κ2) is 12.9. The summed E-state index contributed by atoms with van der Waals surface area (Å²) < 4.78 is 31.0. The van der Waals surface area contributed by atoms with Gasteiger partial charge in [0, 0.05) is 5.75 Å². The van der Waals surface area contributed by atoms with Gasteiger partial charge in [-0.25, -0.2) is 8.42 Å². The van der Waals surface area contributed by atoms with E-state index in [4.69, 9.17) is 0 Å². The van der Waals surface area contributed by atoms with Crippen LogP contribution in [-0.4, -0.2) is 29.9 Å². The van der Waals surface area contributed by atoms with Crippen LogP contribution >= 0.6 is 0 Å². The molecule has 0 aromatic heterocycles. The quantitative estimate of drug-likeness (QED) is 0.314. The van der Waals surface area contributed by atoms with Crippen molar-refractivity contribution in [3.8, 4) is 0 Å². The van der Waals surface area contributed by atoms with Crippen molar-refractivity contribution < 1.29 is 47.6 Å². The molecule has 104 valence electrons. The Morgan fingerprint density at radius 1 is 1.00 bits per heavy atom. The minimum atomic E-state index is -4.04. The van der Waals surface area contributed by atoms with E-state index < -0.39 is 10.1 Å². The Balaban J connectivity index is 0.